The molecule has 4 heteroatoms. The van der Waals surface area contributed by atoms with Gasteiger partial charge in [0.1, 0.15) is 5.82 Å². The fourth-order valence-corrected chi connectivity index (χ4v) is 1.32. The van der Waals surface area contributed by atoms with Crippen LogP contribution in [0.5, 0.6) is 0 Å². The summed E-state index contributed by atoms with van der Waals surface area (Å²) < 4.78 is 1.00. The van der Waals surface area contributed by atoms with Crippen molar-refractivity contribution in [3.05, 3.63) is 22.3 Å². The van der Waals surface area contributed by atoms with Crippen molar-refractivity contribution in [3.8, 4) is 0 Å². The summed E-state index contributed by atoms with van der Waals surface area (Å²) in [4.78, 5) is 4.22. The first-order valence-electron chi connectivity index (χ1n) is 3.65. The van der Waals surface area contributed by atoms with E-state index in [1.807, 2.05) is 32.1 Å². The Balaban J connectivity index is 2.86. The van der Waals surface area contributed by atoms with Crippen molar-refractivity contribution in [2.75, 3.05) is 19.5 Å². The Morgan fingerprint density at radius 1 is 1.50 bits per heavy atom. The minimum atomic E-state index is 0.892. The van der Waals surface area contributed by atoms with E-state index in [0.717, 1.165) is 15.9 Å². The maximum atomic E-state index is 4.22. The highest BCUT2D eigenvalue weighted by molar-refractivity contribution is 9.10. The molecule has 0 saturated carbocycles. The van der Waals surface area contributed by atoms with E-state index in [1.165, 1.54) is 0 Å². The topological polar surface area (TPSA) is 28.2 Å². The monoisotopic (exact) mass is 229 g/mol. The van der Waals surface area contributed by atoms with Crippen LogP contribution >= 0.6 is 15.9 Å². The Kier molecular flexibility index (Phi) is 3.05. The molecule has 0 atom stereocenters. The third-order valence-electron chi connectivity index (χ3n) is 1.37. The zero-order valence-electron chi connectivity index (χ0n) is 7.43. The second-order valence-corrected chi connectivity index (χ2v) is 3.74. The number of nitrogens with zero attached hydrogens (tertiary/aromatic N) is 2. The minimum absolute atomic E-state index is 0.892. The highest BCUT2D eigenvalue weighted by atomic mass is 79.9. The van der Waals surface area contributed by atoms with Crippen LogP contribution in [0.3, 0.4) is 0 Å². The molecule has 0 aromatic carbocycles. The fourth-order valence-electron chi connectivity index (χ4n) is 0.869. The molecule has 1 heterocycles. The summed E-state index contributed by atoms with van der Waals surface area (Å²) >= 11 is 3.36. The van der Waals surface area contributed by atoms with Gasteiger partial charge < -0.3 is 5.43 Å². The summed E-state index contributed by atoms with van der Waals surface area (Å²) in [7, 11) is 3.87. The number of aryl methyl sites for hydroxylation is 1. The van der Waals surface area contributed by atoms with Crippen LogP contribution in [0.4, 0.5) is 5.82 Å². The lowest BCUT2D eigenvalue weighted by atomic mass is 10.3. The third-order valence-corrected chi connectivity index (χ3v) is 1.81. The number of hydrazine groups is 1. The molecule has 0 spiro atoms. The number of pyridine rings is 1. The standard InChI is InChI=1S/C8H12BrN3/c1-6-4-7(9)5-10-8(6)11-12(2)3/h4-5H,1-3H3,(H,10,11). The van der Waals surface area contributed by atoms with Crippen LogP contribution in [-0.4, -0.2) is 24.1 Å². The number of halogens is 1. The molecule has 0 aliphatic heterocycles. The van der Waals surface area contributed by atoms with Crippen molar-refractivity contribution < 1.29 is 0 Å². The Hall–Kier alpha value is -0.610. The average molecular weight is 230 g/mol. The van der Waals surface area contributed by atoms with E-state index in [9.17, 15) is 0 Å². The molecule has 0 saturated heterocycles. The highest BCUT2D eigenvalue weighted by Gasteiger charge is 1.99. The molecule has 66 valence electrons. The maximum Gasteiger partial charge on any atom is 0.143 e. The molecule has 1 rings (SSSR count). The minimum Gasteiger partial charge on any atom is -0.303 e. The van der Waals surface area contributed by atoms with Crippen LogP contribution in [0.25, 0.3) is 0 Å². The molecule has 0 aliphatic carbocycles. The van der Waals surface area contributed by atoms with Crippen molar-refractivity contribution in [1.29, 1.82) is 0 Å². The third kappa shape index (κ3) is 2.46. The van der Waals surface area contributed by atoms with E-state index < -0.39 is 0 Å². The second-order valence-electron chi connectivity index (χ2n) is 2.83. The predicted molar refractivity (Wildman–Crippen MR) is 54.0 cm³/mol. The first-order chi connectivity index (χ1) is 5.59. The summed E-state index contributed by atoms with van der Waals surface area (Å²) in [6.07, 6.45) is 1.78. The molecule has 0 unspecified atom stereocenters. The first-order valence-corrected chi connectivity index (χ1v) is 4.45. The molecule has 0 aliphatic rings. The Morgan fingerprint density at radius 2 is 2.17 bits per heavy atom. The molecule has 3 nitrogen and oxygen atoms in total. The van der Waals surface area contributed by atoms with E-state index >= 15 is 0 Å². The first kappa shape index (κ1) is 9.48. The molecule has 1 N–H and O–H groups in total. The maximum absolute atomic E-state index is 4.22. The summed E-state index contributed by atoms with van der Waals surface area (Å²) in [6.45, 7) is 2.02. The van der Waals surface area contributed by atoms with Gasteiger partial charge in [0.25, 0.3) is 0 Å². The van der Waals surface area contributed by atoms with Crippen molar-refractivity contribution >= 4 is 21.7 Å². The Labute approximate surface area is 80.9 Å². The van der Waals surface area contributed by atoms with Crippen molar-refractivity contribution in [1.82, 2.24) is 9.99 Å². The fraction of sp³-hybridized carbons (Fsp3) is 0.375. The van der Waals surface area contributed by atoms with E-state index in [4.69, 9.17) is 0 Å². The molecule has 12 heavy (non-hydrogen) atoms. The van der Waals surface area contributed by atoms with Gasteiger partial charge in [-0.15, -0.1) is 0 Å². The number of nitrogens with one attached hydrogen (secondary N) is 1. The number of hydrogen-bond donors (Lipinski definition) is 1. The van der Waals surface area contributed by atoms with E-state index in [2.05, 4.69) is 26.3 Å². The van der Waals surface area contributed by atoms with Crippen molar-refractivity contribution in [2.24, 2.45) is 0 Å². The van der Waals surface area contributed by atoms with Gasteiger partial charge in [-0.3, -0.25) is 0 Å². The summed E-state index contributed by atoms with van der Waals surface area (Å²) in [5, 5.41) is 1.86. The second kappa shape index (κ2) is 3.87. The van der Waals surface area contributed by atoms with Gasteiger partial charge in [-0.2, -0.15) is 0 Å². The SMILES string of the molecule is Cc1cc(Br)cnc1NN(C)C. The van der Waals surface area contributed by atoms with Crippen LogP contribution < -0.4 is 5.43 Å². The molecule has 0 amide bonds. The van der Waals surface area contributed by atoms with E-state index in [-0.39, 0.29) is 0 Å². The summed E-state index contributed by atoms with van der Waals surface area (Å²) in [5.74, 6) is 0.892. The lowest BCUT2D eigenvalue weighted by molar-refractivity contribution is 0.491. The molecular formula is C8H12BrN3. The lowest BCUT2D eigenvalue weighted by Crippen LogP contribution is -2.20. The van der Waals surface area contributed by atoms with Gasteiger partial charge in [0.2, 0.25) is 0 Å². The molecule has 1 aromatic rings. The number of anilines is 1. The van der Waals surface area contributed by atoms with Crippen LogP contribution in [-0.2, 0) is 0 Å². The lowest BCUT2D eigenvalue weighted by Gasteiger charge is -2.14. The van der Waals surface area contributed by atoms with Crippen LogP contribution in [0, 0.1) is 6.92 Å². The molecule has 0 bridgehead atoms. The zero-order chi connectivity index (χ0) is 9.14. The summed E-state index contributed by atoms with van der Waals surface area (Å²) in [5.41, 5.74) is 4.22. The van der Waals surface area contributed by atoms with Crippen molar-refractivity contribution in [2.45, 2.75) is 6.92 Å². The molecule has 0 fully saturated rings. The molecule has 1 aromatic heterocycles. The smallest absolute Gasteiger partial charge is 0.143 e. The van der Waals surface area contributed by atoms with Gasteiger partial charge in [0.05, 0.1) is 0 Å². The van der Waals surface area contributed by atoms with Gasteiger partial charge in [-0.05, 0) is 34.5 Å². The normalized spacial score (nSPS) is 10.4. The predicted octanol–water partition coefficient (Wildman–Crippen LogP) is 2.04. The summed E-state index contributed by atoms with van der Waals surface area (Å²) in [6, 6.07) is 2.03. The van der Waals surface area contributed by atoms with E-state index in [1.54, 1.807) is 6.20 Å². The van der Waals surface area contributed by atoms with Crippen LogP contribution in [0.15, 0.2) is 16.7 Å². The van der Waals surface area contributed by atoms with Crippen molar-refractivity contribution in [3.63, 3.8) is 0 Å². The van der Waals surface area contributed by atoms with E-state index in [0.29, 0.717) is 0 Å². The molecular weight excluding hydrogens is 218 g/mol. The Morgan fingerprint density at radius 3 is 2.67 bits per heavy atom. The largest absolute Gasteiger partial charge is 0.303 e. The van der Waals surface area contributed by atoms with Crippen LogP contribution in [0.1, 0.15) is 5.56 Å². The highest BCUT2D eigenvalue weighted by Crippen LogP contribution is 2.16. The van der Waals surface area contributed by atoms with Gasteiger partial charge in [-0.25, -0.2) is 9.99 Å². The van der Waals surface area contributed by atoms with Gasteiger partial charge in [0.15, 0.2) is 0 Å². The molecule has 0 radical (unpaired) electrons. The van der Waals surface area contributed by atoms with Crippen LogP contribution in [0.2, 0.25) is 0 Å². The number of aromatic nitrogens is 1. The average Bonchev–Trinajstić information content (AvgIpc) is 1.94. The zero-order valence-corrected chi connectivity index (χ0v) is 9.01. The quantitative estimate of drug-likeness (QED) is 0.788. The van der Waals surface area contributed by atoms with Gasteiger partial charge in [-0.1, -0.05) is 0 Å². The van der Waals surface area contributed by atoms with Gasteiger partial charge in [0, 0.05) is 24.8 Å². The van der Waals surface area contributed by atoms with Gasteiger partial charge >= 0.3 is 0 Å². The number of rotatable bonds is 2. The number of hydrogen-bond acceptors (Lipinski definition) is 3. The Bertz CT molecular complexity index is 273.